The van der Waals surface area contributed by atoms with Crippen LogP contribution in [0.3, 0.4) is 0 Å². The lowest BCUT2D eigenvalue weighted by atomic mass is 10.1. The van der Waals surface area contributed by atoms with Crippen molar-refractivity contribution in [3.8, 4) is 11.1 Å². The average Bonchev–Trinajstić information content (AvgIpc) is 2.44. The van der Waals surface area contributed by atoms with Gasteiger partial charge in [-0.1, -0.05) is 42.5 Å². The largest absolute Gasteiger partial charge is 0.422 e. The second-order valence-electron chi connectivity index (χ2n) is 4.26. The zero-order chi connectivity index (χ0) is 16.4. The molecule has 0 aromatic heterocycles. The van der Waals surface area contributed by atoms with E-state index in [9.17, 15) is 9.13 Å². The first-order valence-electron chi connectivity index (χ1n) is 5.93. The van der Waals surface area contributed by atoms with Crippen LogP contribution in [0.5, 0.6) is 0 Å². The van der Waals surface area contributed by atoms with Gasteiger partial charge < -0.3 is 19.6 Å². The van der Waals surface area contributed by atoms with Crippen LogP contribution in [0.2, 0.25) is 0 Å². The highest BCUT2D eigenvalue weighted by Gasteiger charge is 2.41. The van der Waals surface area contributed by atoms with Crippen LogP contribution in [-0.2, 0) is 9.13 Å². The van der Waals surface area contributed by atoms with E-state index in [2.05, 4.69) is 0 Å². The molecule has 0 unspecified atom stereocenters. The monoisotopic (exact) mass is 361 g/mol. The molecule has 118 valence electrons. The minimum atomic E-state index is -5.10. The van der Waals surface area contributed by atoms with Crippen LogP contribution in [0.15, 0.2) is 59.5 Å². The van der Waals surface area contributed by atoms with Crippen molar-refractivity contribution in [2.24, 2.45) is 0 Å². The van der Waals surface area contributed by atoms with Gasteiger partial charge in [0.2, 0.25) is 0 Å². The molecule has 0 atom stereocenters. The van der Waals surface area contributed by atoms with E-state index >= 15 is 0 Å². The van der Waals surface area contributed by atoms with Gasteiger partial charge in [0.1, 0.15) is 0 Å². The van der Waals surface area contributed by atoms with Crippen molar-refractivity contribution < 1.29 is 28.7 Å². The van der Waals surface area contributed by atoms with Crippen LogP contribution in [0, 0.1) is 0 Å². The van der Waals surface area contributed by atoms with Gasteiger partial charge in [0, 0.05) is 4.90 Å². The molecule has 0 aliphatic rings. The van der Waals surface area contributed by atoms with Crippen molar-refractivity contribution in [1.29, 1.82) is 0 Å². The predicted molar refractivity (Wildman–Crippen MR) is 83.7 cm³/mol. The number of hydrogen-bond acceptors (Lipinski definition) is 3. The van der Waals surface area contributed by atoms with Crippen molar-refractivity contribution in [2.75, 3.05) is 0 Å². The Morgan fingerprint density at radius 2 is 1.18 bits per heavy atom. The minimum absolute atomic E-state index is 0.197. The molecule has 0 aliphatic carbocycles. The van der Waals surface area contributed by atoms with Crippen LogP contribution in [-0.4, -0.2) is 23.4 Å². The summed E-state index contributed by atoms with van der Waals surface area (Å²) in [5.41, 5.74) is 1.84. The molecule has 0 bridgehead atoms. The Bertz CT molecular complexity index is 705. The second kappa shape index (κ2) is 6.66. The fraction of sp³-hybridized carbons (Fsp3) is 0. The number of hydrogen-bond donors (Lipinski definition) is 4. The normalized spacial score (nSPS) is 12.6. The molecular weight excluding hydrogens is 348 g/mol. The number of nitrogens with zero attached hydrogens (tertiary/aromatic N) is 1. The van der Waals surface area contributed by atoms with Gasteiger partial charge in [-0.2, -0.15) is 0 Å². The van der Waals surface area contributed by atoms with E-state index in [-0.39, 0.29) is 3.85 Å². The van der Waals surface area contributed by atoms with Gasteiger partial charge in [-0.15, -0.1) is 0 Å². The first-order chi connectivity index (χ1) is 10.2. The van der Waals surface area contributed by atoms with Gasteiger partial charge in [-0.3, -0.25) is 0 Å². The molecule has 2 rings (SSSR count). The Hall–Kier alpha value is -0.950. The highest BCUT2D eigenvalue weighted by molar-refractivity contribution is 8.06. The highest BCUT2D eigenvalue weighted by Crippen LogP contribution is 2.63. The first-order valence-corrected chi connectivity index (χ1v) is 9.84. The lowest BCUT2D eigenvalue weighted by molar-refractivity contribution is 0.310. The third-order valence-electron chi connectivity index (χ3n) is 2.59. The summed E-state index contributed by atoms with van der Waals surface area (Å²) in [6.45, 7) is 0. The Balaban J connectivity index is 2.24. The maximum atomic E-state index is 11.2. The molecule has 22 heavy (non-hydrogen) atoms. The Morgan fingerprint density at radius 3 is 1.64 bits per heavy atom. The molecule has 0 aliphatic heterocycles. The van der Waals surface area contributed by atoms with E-state index < -0.39 is 15.5 Å². The quantitative estimate of drug-likeness (QED) is 0.474. The molecule has 0 spiro atoms. The third kappa shape index (κ3) is 4.52. The molecular formula is C12H13NO6P2S. The summed E-state index contributed by atoms with van der Waals surface area (Å²) in [6, 6.07) is 15.9. The molecule has 10 heteroatoms. The molecule has 0 saturated carbocycles. The summed E-state index contributed by atoms with van der Waals surface area (Å²) in [5, 5.41) is 0. The van der Waals surface area contributed by atoms with E-state index in [1.54, 1.807) is 12.1 Å². The Morgan fingerprint density at radius 1 is 0.727 bits per heavy atom. The second-order valence-corrected chi connectivity index (χ2v) is 8.99. The fourth-order valence-corrected chi connectivity index (χ4v) is 4.77. The summed E-state index contributed by atoms with van der Waals surface area (Å²) in [6.07, 6.45) is 0. The number of rotatable bonds is 5. The van der Waals surface area contributed by atoms with Gasteiger partial charge in [0.25, 0.3) is 0 Å². The van der Waals surface area contributed by atoms with E-state index in [4.69, 9.17) is 19.6 Å². The standard InChI is InChI=1S/C12H13NO6P2S/c14-20(15,16)13(21(17,18)19)22-12-8-6-11(7-9-12)10-4-2-1-3-5-10/h1-9H,(H2,14,15,16)(H2,17,18,19). The summed E-state index contributed by atoms with van der Waals surface area (Å²) < 4.78 is 22.2. The molecule has 0 fully saturated rings. The van der Waals surface area contributed by atoms with E-state index in [1.807, 2.05) is 30.3 Å². The minimum Gasteiger partial charge on any atom is -0.311 e. The van der Waals surface area contributed by atoms with Crippen molar-refractivity contribution in [3.63, 3.8) is 0 Å². The first kappa shape index (κ1) is 17.4. The van der Waals surface area contributed by atoms with Gasteiger partial charge in [0.05, 0.1) is 0 Å². The topological polar surface area (TPSA) is 118 Å². The molecule has 4 N–H and O–H groups in total. The summed E-state index contributed by atoms with van der Waals surface area (Å²) >= 11 is 0.314. The van der Waals surface area contributed by atoms with Crippen LogP contribution in [0.1, 0.15) is 0 Å². The molecule has 0 radical (unpaired) electrons. The third-order valence-corrected chi connectivity index (χ3v) is 7.30. The van der Waals surface area contributed by atoms with Gasteiger partial charge in [-0.05, 0) is 39.1 Å². The van der Waals surface area contributed by atoms with Crippen molar-refractivity contribution in [3.05, 3.63) is 54.6 Å². The predicted octanol–water partition coefficient (Wildman–Crippen LogP) is 2.85. The van der Waals surface area contributed by atoms with Gasteiger partial charge >= 0.3 is 15.5 Å². The molecule has 2 aromatic rings. The summed E-state index contributed by atoms with van der Waals surface area (Å²) in [7, 11) is -10.2. The maximum Gasteiger partial charge on any atom is 0.422 e. The van der Waals surface area contributed by atoms with E-state index in [0.717, 1.165) is 11.1 Å². The lowest BCUT2D eigenvalue weighted by Gasteiger charge is -2.21. The van der Waals surface area contributed by atoms with Gasteiger partial charge in [-0.25, -0.2) is 9.13 Å². The van der Waals surface area contributed by atoms with Crippen molar-refractivity contribution >= 4 is 27.4 Å². The Kier molecular flexibility index (Phi) is 5.27. The zero-order valence-corrected chi connectivity index (χ0v) is 13.7. The highest BCUT2D eigenvalue weighted by atomic mass is 32.2. The van der Waals surface area contributed by atoms with Crippen LogP contribution >= 0.6 is 27.4 Å². The Labute approximate surface area is 131 Å². The molecule has 0 amide bonds. The fourth-order valence-electron chi connectivity index (χ4n) is 1.69. The van der Waals surface area contributed by atoms with Crippen LogP contribution in [0.25, 0.3) is 11.1 Å². The molecule has 7 nitrogen and oxygen atoms in total. The van der Waals surface area contributed by atoms with Crippen LogP contribution in [0.4, 0.5) is 0 Å². The summed E-state index contributed by atoms with van der Waals surface area (Å²) in [5.74, 6) is 0. The van der Waals surface area contributed by atoms with E-state index in [0.29, 0.717) is 16.8 Å². The molecule has 2 aromatic carbocycles. The van der Waals surface area contributed by atoms with E-state index in [1.165, 1.54) is 12.1 Å². The molecule has 0 heterocycles. The maximum absolute atomic E-state index is 11.2. The zero-order valence-electron chi connectivity index (χ0n) is 11.1. The van der Waals surface area contributed by atoms with Crippen molar-refractivity contribution in [2.45, 2.75) is 4.90 Å². The SMILES string of the molecule is O=P(O)(O)N(Sc1ccc(-c2ccccc2)cc1)P(=O)(O)O. The molecule has 0 saturated heterocycles. The smallest absolute Gasteiger partial charge is 0.311 e. The van der Waals surface area contributed by atoms with Crippen LogP contribution < -0.4 is 0 Å². The average molecular weight is 361 g/mol. The van der Waals surface area contributed by atoms with Crippen molar-refractivity contribution in [1.82, 2.24) is 3.85 Å². The number of benzene rings is 2. The van der Waals surface area contributed by atoms with Gasteiger partial charge in [0.15, 0.2) is 0 Å². The summed E-state index contributed by atoms with van der Waals surface area (Å²) in [4.78, 5) is 36.4. The lowest BCUT2D eigenvalue weighted by Crippen LogP contribution is -2.08.